The first-order valence-corrected chi connectivity index (χ1v) is 6.02. The molecule has 0 aliphatic carbocycles. The molecule has 2 heteroatoms. The van der Waals surface area contributed by atoms with E-state index < -0.39 is 0 Å². The number of aryl methyl sites for hydroxylation is 2. The van der Waals surface area contributed by atoms with Gasteiger partial charge >= 0.3 is 0 Å². The molecule has 13 heavy (non-hydrogen) atoms. The lowest BCUT2D eigenvalue weighted by molar-refractivity contribution is 0.319. The summed E-state index contributed by atoms with van der Waals surface area (Å²) in [6.45, 7) is 5.02. The largest absolute Gasteiger partial charge is 0.494 e. The first-order valence-electron chi connectivity index (χ1n) is 4.49. The Morgan fingerprint density at radius 2 is 1.77 bits per heavy atom. The molecule has 0 aromatic heterocycles. The van der Waals surface area contributed by atoms with Crippen LogP contribution in [0.25, 0.3) is 0 Å². The van der Waals surface area contributed by atoms with Crippen LogP contribution in [-0.4, -0.2) is 11.0 Å². The minimum Gasteiger partial charge on any atom is -0.494 e. The molecule has 0 N–H and O–H groups in total. The van der Waals surface area contributed by atoms with E-state index >= 15 is 0 Å². The third-order valence-electron chi connectivity index (χ3n) is 1.74. The Morgan fingerprint density at radius 3 is 2.31 bits per heavy atom. The van der Waals surface area contributed by atoms with Crippen LogP contribution in [-0.2, 0) is 0 Å². The quantitative estimate of drug-likeness (QED) is 0.468. The number of alkyl halides is 1. The molecule has 0 unspecified atom stereocenters. The molecule has 0 saturated heterocycles. The van der Waals surface area contributed by atoms with E-state index in [0.717, 1.165) is 23.2 Å². The molecular weight excluding hydrogens is 275 g/mol. The highest BCUT2D eigenvalue weighted by atomic mass is 127. The molecule has 1 nitrogen and oxygen atoms in total. The number of benzene rings is 1. The number of rotatable bonds is 4. The van der Waals surface area contributed by atoms with Gasteiger partial charge in [0.15, 0.2) is 0 Å². The van der Waals surface area contributed by atoms with Crippen LogP contribution in [0.1, 0.15) is 17.5 Å². The smallest absolute Gasteiger partial charge is 0.119 e. The van der Waals surface area contributed by atoms with Gasteiger partial charge in [0.05, 0.1) is 6.61 Å². The normalized spacial score (nSPS) is 10.1. The molecule has 0 fully saturated rings. The molecule has 0 amide bonds. The summed E-state index contributed by atoms with van der Waals surface area (Å²) in [4.78, 5) is 0. The van der Waals surface area contributed by atoms with Crippen LogP contribution >= 0.6 is 22.6 Å². The van der Waals surface area contributed by atoms with Crippen LogP contribution in [0.15, 0.2) is 18.2 Å². The van der Waals surface area contributed by atoms with Crippen LogP contribution in [0.3, 0.4) is 0 Å². The van der Waals surface area contributed by atoms with E-state index in [9.17, 15) is 0 Å². The fraction of sp³-hybridized carbons (Fsp3) is 0.455. The Hall–Kier alpha value is -0.250. The van der Waals surface area contributed by atoms with Gasteiger partial charge in [-0.15, -0.1) is 0 Å². The summed E-state index contributed by atoms with van der Waals surface area (Å²) in [5.74, 6) is 1.00. The Morgan fingerprint density at radius 1 is 1.15 bits per heavy atom. The second-order valence-electron chi connectivity index (χ2n) is 3.21. The van der Waals surface area contributed by atoms with Gasteiger partial charge in [-0.1, -0.05) is 28.7 Å². The zero-order valence-electron chi connectivity index (χ0n) is 8.14. The number of ether oxygens (including phenoxy) is 1. The summed E-state index contributed by atoms with van der Waals surface area (Å²) < 4.78 is 6.76. The highest BCUT2D eigenvalue weighted by Crippen LogP contribution is 2.16. The van der Waals surface area contributed by atoms with Crippen LogP contribution in [0.4, 0.5) is 0 Å². The second kappa shape index (κ2) is 5.47. The lowest BCUT2D eigenvalue weighted by Crippen LogP contribution is -1.98. The molecule has 0 heterocycles. The van der Waals surface area contributed by atoms with Gasteiger partial charge in [0.25, 0.3) is 0 Å². The van der Waals surface area contributed by atoms with Gasteiger partial charge in [0.2, 0.25) is 0 Å². The molecule has 1 aromatic carbocycles. The SMILES string of the molecule is Cc1cc(C)cc(OCCCI)c1. The molecule has 0 atom stereocenters. The number of hydrogen-bond donors (Lipinski definition) is 0. The van der Waals surface area contributed by atoms with Crippen molar-refractivity contribution in [2.45, 2.75) is 20.3 Å². The molecule has 0 saturated carbocycles. The average molecular weight is 290 g/mol. The topological polar surface area (TPSA) is 9.23 Å². The molecule has 1 rings (SSSR count). The lowest BCUT2D eigenvalue weighted by atomic mass is 10.1. The predicted molar refractivity (Wildman–Crippen MR) is 64.9 cm³/mol. The summed E-state index contributed by atoms with van der Waals surface area (Å²) in [7, 11) is 0. The highest BCUT2D eigenvalue weighted by molar-refractivity contribution is 14.1. The Kier molecular flexibility index (Phi) is 4.56. The van der Waals surface area contributed by atoms with Crippen molar-refractivity contribution in [2.75, 3.05) is 11.0 Å². The summed E-state index contributed by atoms with van der Waals surface area (Å²) in [6.07, 6.45) is 1.12. The van der Waals surface area contributed by atoms with Crippen molar-refractivity contribution in [3.63, 3.8) is 0 Å². The summed E-state index contributed by atoms with van der Waals surface area (Å²) in [5, 5.41) is 0. The van der Waals surface area contributed by atoms with Gasteiger partial charge in [-0.25, -0.2) is 0 Å². The van der Waals surface area contributed by atoms with E-state index in [4.69, 9.17) is 4.74 Å². The van der Waals surface area contributed by atoms with Crippen molar-refractivity contribution in [3.8, 4) is 5.75 Å². The summed E-state index contributed by atoms with van der Waals surface area (Å²) in [6, 6.07) is 6.32. The number of hydrogen-bond acceptors (Lipinski definition) is 1. The minimum absolute atomic E-state index is 0.825. The first-order chi connectivity index (χ1) is 6.22. The van der Waals surface area contributed by atoms with E-state index in [-0.39, 0.29) is 0 Å². The fourth-order valence-electron chi connectivity index (χ4n) is 1.26. The van der Waals surface area contributed by atoms with E-state index in [1.807, 2.05) is 0 Å². The summed E-state index contributed by atoms with van der Waals surface area (Å²) in [5.41, 5.74) is 2.54. The molecule has 0 aliphatic rings. The van der Waals surface area contributed by atoms with Crippen molar-refractivity contribution in [2.24, 2.45) is 0 Å². The maximum Gasteiger partial charge on any atom is 0.119 e. The molecule has 1 aromatic rings. The second-order valence-corrected chi connectivity index (χ2v) is 4.29. The van der Waals surface area contributed by atoms with E-state index in [2.05, 4.69) is 54.6 Å². The monoisotopic (exact) mass is 290 g/mol. The molecule has 0 bridgehead atoms. The predicted octanol–water partition coefficient (Wildman–Crippen LogP) is 3.51. The van der Waals surface area contributed by atoms with Crippen LogP contribution in [0.5, 0.6) is 5.75 Å². The van der Waals surface area contributed by atoms with Crippen molar-refractivity contribution < 1.29 is 4.74 Å². The van der Waals surface area contributed by atoms with Crippen molar-refractivity contribution in [1.29, 1.82) is 0 Å². The Bertz CT molecular complexity index is 251. The van der Waals surface area contributed by atoms with Gasteiger partial charge in [-0.05, 0) is 43.5 Å². The fourth-order valence-corrected chi connectivity index (χ4v) is 1.57. The van der Waals surface area contributed by atoms with Gasteiger partial charge in [-0.2, -0.15) is 0 Å². The number of halogens is 1. The van der Waals surface area contributed by atoms with Crippen LogP contribution in [0, 0.1) is 13.8 Å². The Labute approximate surface area is 93.6 Å². The van der Waals surface area contributed by atoms with Gasteiger partial charge < -0.3 is 4.74 Å². The zero-order chi connectivity index (χ0) is 9.68. The van der Waals surface area contributed by atoms with Gasteiger partial charge in [-0.3, -0.25) is 0 Å². The van der Waals surface area contributed by atoms with E-state index in [1.165, 1.54) is 11.1 Å². The van der Waals surface area contributed by atoms with E-state index in [1.54, 1.807) is 0 Å². The molecule has 0 radical (unpaired) electrons. The van der Waals surface area contributed by atoms with Crippen molar-refractivity contribution in [1.82, 2.24) is 0 Å². The minimum atomic E-state index is 0.825. The molecule has 0 spiro atoms. The lowest BCUT2D eigenvalue weighted by Gasteiger charge is -2.06. The van der Waals surface area contributed by atoms with E-state index in [0.29, 0.717) is 0 Å². The third-order valence-corrected chi connectivity index (χ3v) is 2.50. The standard InChI is InChI=1S/C11H15IO/c1-9-6-10(2)8-11(7-9)13-5-3-4-12/h6-8H,3-5H2,1-2H3. The summed E-state index contributed by atoms with van der Waals surface area (Å²) >= 11 is 2.36. The first kappa shape index (κ1) is 10.8. The highest BCUT2D eigenvalue weighted by Gasteiger charge is 1.95. The van der Waals surface area contributed by atoms with Gasteiger partial charge in [0, 0.05) is 4.43 Å². The third kappa shape index (κ3) is 3.98. The van der Waals surface area contributed by atoms with Crippen LogP contribution < -0.4 is 4.74 Å². The van der Waals surface area contributed by atoms with Crippen molar-refractivity contribution >= 4 is 22.6 Å². The maximum atomic E-state index is 5.60. The zero-order valence-corrected chi connectivity index (χ0v) is 10.3. The van der Waals surface area contributed by atoms with Crippen molar-refractivity contribution in [3.05, 3.63) is 29.3 Å². The maximum absolute atomic E-state index is 5.60. The van der Waals surface area contributed by atoms with Crippen LogP contribution in [0.2, 0.25) is 0 Å². The molecular formula is C11H15IO. The average Bonchev–Trinajstić information content (AvgIpc) is 2.03. The van der Waals surface area contributed by atoms with Gasteiger partial charge in [0.1, 0.15) is 5.75 Å². The Balaban J connectivity index is 2.56. The molecule has 72 valence electrons. The molecule has 0 aliphatic heterocycles.